The smallest absolute Gasteiger partial charge is 0.135 e. The van der Waals surface area contributed by atoms with Crippen molar-refractivity contribution in [2.45, 2.75) is 341 Å². The summed E-state index contributed by atoms with van der Waals surface area (Å²) >= 11 is 3.64. The molecule has 0 saturated heterocycles. The van der Waals surface area contributed by atoms with E-state index in [9.17, 15) is 0 Å². The maximum absolute atomic E-state index is 5.65. The highest BCUT2D eigenvalue weighted by Crippen LogP contribution is 2.35. The van der Waals surface area contributed by atoms with Crippen LogP contribution in [0.1, 0.15) is 349 Å². The Hall–Kier alpha value is -11.7. The summed E-state index contributed by atoms with van der Waals surface area (Å²) in [7, 11) is 0. The topological polar surface area (TPSA) is 39.2 Å². The van der Waals surface area contributed by atoms with Crippen LogP contribution in [0.15, 0.2) is 403 Å². The van der Waals surface area contributed by atoms with Gasteiger partial charge in [0, 0.05) is 48.2 Å². The quantitative estimate of drug-likeness (QED) is 0.127. The lowest BCUT2D eigenvalue weighted by atomic mass is 9.93. The molecule has 0 amide bonds. The van der Waals surface area contributed by atoms with Gasteiger partial charge in [-0.1, -0.05) is 636 Å². The average molecular weight is 1990 g/mol. The third-order valence-electron chi connectivity index (χ3n) is 15.4. The minimum Gasteiger partial charge on any atom is -0.470 e. The van der Waals surface area contributed by atoms with E-state index < -0.39 is 0 Å². The molecule has 0 aliphatic carbocycles. The molecule has 5 heterocycles. The minimum atomic E-state index is 0. The van der Waals surface area contributed by atoms with Gasteiger partial charge in [0.2, 0.25) is 0 Å². The Balaban J connectivity index is -0.0000000970. The summed E-state index contributed by atoms with van der Waals surface area (Å²) in [5, 5.41) is 12.5. The number of para-hydroxylation sites is 2. The van der Waals surface area contributed by atoms with Gasteiger partial charge in [-0.05, 0) is 158 Å². The Bertz CT molecular complexity index is 4730. The number of furan rings is 2. The molecule has 0 fully saturated rings. The number of thiophene rings is 2. The van der Waals surface area contributed by atoms with Crippen molar-refractivity contribution in [1.82, 2.24) is 4.98 Å². The number of aromatic nitrogens is 1. The average Bonchev–Trinajstić information content (AvgIpc) is 1.79. The van der Waals surface area contributed by atoms with Gasteiger partial charge in [-0.15, -0.1) is 22.7 Å². The Morgan fingerprint density at radius 2 is 0.455 bits per heavy atom. The first-order valence-electron chi connectivity index (χ1n) is 54.0. The van der Waals surface area contributed by atoms with Crippen LogP contribution in [0.3, 0.4) is 0 Å². The van der Waals surface area contributed by atoms with E-state index in [2.05, 4.69) is 296 Å². The number of aryl methyl sites for hydroxylation is 2. The van der Waals surface area contributed by atoms with Crippen molar-refractivity contribution < 1.29 is 8.83 Å². The van der Waals surface area contributed by atoms with Gasteiger partial charge in [0.15, 0.2) is 0 Å². The van der Waals surface area contributed by atoms with Crippen LogP contribution < -0.4 is 0 Å². The zero-order valence-corrected chi connectivity index (χ0v) is 99.4. The Morgan fingerprint density at radius 1 is 0.210 bits per heavy atom. The summed E-state index contributed by atoms with van der Waals surface area (Å²) in [6.45, 7) is 92.0. The first-order valence-corrected chi connectivity index (χ1v) is 55.7. The van der Waals surface area contributed by atoms with E-state index >= 15 is 0 Å². The van der Waals surface area contributed by atoms with Crippen LogP contribution in [0.5, 0.6) is 0 Å². The van der Waals surface area contributed by atoms with Gasteiger partial charge in [0.25, 0.3) is 0 Å². The standard InChI is InChI=1S/C24H18.C14H10.C14H12.C12H8O.C12H8S.C5H5N.C5H6O.C5H6S.22C2H6.3CH4/c1-4-10-19(11-5-1)22-16-23(20-12-6-2-7-13-20)18-24(17-22)21-14-8-3-9-15-21;1-3-7-13-11(5-1)9-10-12-6-2-4-8-14(12)13;1-3-7-13(8-4-1)11-12-14-9-5-2-6-10-14;2*1-3-7-11-9(5-1)10-6-2-4-8-12(10)13-11;1-2-4-6-5-3-1;2*1-5-3-2-4-6-5;22*1-2;;;/h1-18H;1-10H;1-12H;2*1-8H;1-5H;2*2-4H,1H3;22*1-2H3;3*1H4/b;;12-11+;;;;;;;;;;;;;;;;;;;;;;;;;;;;;;. The van der Waals surface area contributed by atoms with Crippen molar-refractivity contribution in [1.29, 1.82) is 0 Å². The van der Waals surface area contributed by atoms with Gasteiger partial charge >= 0.3 is 0 Å². The van der Waals surface area contributed by atoms with Gasteiger partial charge < -0.3 is 8.83 Å². The Labute approximate surface area is 895 Å². The molecule has 0 atom stereocenters. The molecule has 0 unspecified atom stereocenters. The first-order chi connectivity index (χ1) is 69.5. The van der Waals surface area contributed by atoms with Crippen molar-refractivity contribution in [3.05, 3.63) is 416 Å². The highest BCUT2D eigenvalue weighted by atomic mass is 32.1. The summed E-state index contributed by atoms with van der Waals surface area (Å²) in [4.78, 5) is 5.17. The predicted octanol–water partition coefficient (Wildman–Crippen LogP) is 51.4. The lowest BCUT2D eigenvalue weighted by Gasteiger charge is -2.11. The van der Waals surface area contributed by atoms with Crippen LogP contribution in [-0.4, -0.2) is 4.98 Å². The van der Waals surface area contributed by atoms with Crippen LogP contribution in [-0.2, 0) is 0 Å². The second-order valence-corrected chi connectivity index (χ2v) is 24.5. The van der Waals surface area contributed by atoms with Crippen LogP contribution in [0.2, 0.25) is 0 Å². The van der Waals surface area contributed by atoms with E-state index in [4.69, 9.17) is 8.83 Å². The fourth-order valence-corrected chi connectivity index (χ4v) is 12.3. The molecule has 0 aliphatic rings. The molecule has 5 aromatic heterocycles. The van der Waals surface area contributed by atoms with Gasteiger partial charge in [0.1, 0.15) is 16.9 Å². The number of benzene rings is 13. The molecular formula is C138H217NO2S2. The molecule has 0 bridgehead atoms. The summed E-state index contributed by atoms with van der Waals surface area (Å²) < 4.78 is 13.2. The van der Waals surface area contributed by atoms with Crippen LogP contribution >= 0.6 is 22.7 Å². The first kappa shape index (κ1) is 165. The van der Waals surface area contributed by atoms with Crippen LogP contribution in [0.4, 0.5) is 0 Å². The van der Waals surface area contributed by atoms with Gasteiger partial charge in [-0.2, -0.15) is 0 Å². The zero-order valence-electron chi connectivity index (χ0n) is 97.8. The number of fused-ring (bicyclic) bond motifs is 9. The molecule has 0 aliphatic heterocycles. The van der Waals surface area contributed by atoms with Gasteiger partial charge in [0.05, 0.1) is 6.26 Å². The molecule has 0 spiro atoms. The number of hydrogen-bond donors (Lipinski definition) is 0. The summed E-state index contributed by atoms with van der Waals surface area (Å²) in [5.74, 6) is 0.968. The number of pyridine rings is 1. The van der Waals surface area contributed by atoms with Crippen molar-refractivity contribution in [2.75, 3.05) is 0 Å². The maximum atomic E-state index is 5.65. The molecule has 13 aromatic carbocycles. The largest absolute Gasteiger partial charge is 0.470 e. The summed E-state index contributed by atoms with van der Waals surface area (Å²) in [6.07, 6.45) is 9.40. The van der Waals surface area contributed by atoms with E-state index in [0.29, 0.717) is 0 Å². The van der Waals surface area contributed by atoms with E-state index in [-0.39, 0.29) is 22.3 Å². The second kappa shape index (κ2) is 137. The molecule has 143 heavy (non-hydrogen) atoms. The Morgan fingerprint density at radius 3 is 0.678 bits per heavy atom. The monoisotopic (exact) mass is 1980 g/mol. The van der Waals surface area contributed by atoms with Gasteiger partial charge in [-0.3, -0.25) is 4.98 Å². The van der Waals surface area contributed by atoms with Crippen LogP contribution in [0, 0.1) is 13.8 Å². The van der Waals surface area contributed by atoms with Crippen molar-refractivity contribution >= 4 is 98.5 Å². The lowest BCUT2D eigenvalue weighted by molar-refractivity contribution is 0.534. The molecule has 0 N–H and O–H groups in total. The molecule has 3 nitrogen and oxygen atoms in total. The SMILES string of the molecule is C.C.C.C(=C\c1ccccc1)/c1ccccc1.CC.CC.CC.CC.CC.CC.CC.CC.CC.CC.CC.CC.CC.CC.CC.CC.CC.CC.CC.CC.CC.CC.Cc1ccco1.Cc1cccs1.c1ccc(-c2cc(-c3ccccc3)cc(-c3ccccc3)c2)cc1.c1ccc2c(c1)ccc1ccccc12.c1ccc2c(c1)oc1ccccc12.c1ccc2c(c1)sc1ccccc12.c1ccncc1. The molecule has 18 rings (SSSR count). The van der Waals surface area contributed by atoms with Crippen molar-refractivity contribution in [2.24, 2.45) is 0 Å². The van der Waals surface area contributed by atoms with E-state index in [1.54, 1.807) is 30.0 Å². The number of nitrogens with zero attached hydrogens (tertiary/aromatic N) is 1. The summed E-state index contributed by atoms with van der Waals surface area (Å²) in [6, 6.07) is 128. The van der Waals surface area contributed by atoms with Crippen molar-refractivity contribution in [3.8, 4) is 33.4 Å². The third kappa shape index (κ3) is 75.7. The third-order valence-corrected chi connectivity index (χ3v) is 17.4. The molecule has 0 radical (unpaired) electrons. The van der Waals surface area contributed by atoms with E-state index in [1.165, 1.54) is 102 Å². The van der Waals surface area contributed by atoms with Crippen molar-refractivity contribution in [3.63, 3.8) is 0 Å². The molecule has 0 saturated carbocycles. The highest BCUT2D eigenvalue weighted by molar-refractivity contribution is 7.25. The molecule has 798 valence electrons. The van der Waals surface area contributed by atoms with E-state index in [0.717, 1.165) is 16.9 Å². The summed E-state index contributed by atoms with van der Waals surface area (Å²) in [5.41, 5.74) is 11.9. The second-order valence-electron chi connectivity index (χ2n) is 22.2. The fraction of sp³-hybridized carbons (Fsp3) is 0.355. The lowest BCUT2D eigenvalue weighted by Crippen LogP contribution is -1.85. The minimum absolute atomic E-state index is 0. The zero-order chi connectivity index (χ0) is 110. The van der Waals surface area contributed by atoms with Crippen LogP contribution in [0.25, 0.3) is 109 Å². The highest BCUT2D eigenvalue weighted by Gasteiger charge is 2.08. The predicted molar refractivity (Wildman–Crippen MR) is 686 cm³/mol. The molecular weight excluding hydrogens is 1770 g/mol. The maximum Gasteiger partial charge on any atom is 0.135 e. The fourth-order valence-electron chi connectivity index (χ4n) is 10.7. The Kier molecular flexibility index (Phi) is 157. The normalized spacial score (nSPS) is 7.87. The molecule has 5 heteroatoms. The van der Waals surface area contributed by atoms with E-state index in [1.807, 2.05) is 426 Å². The molecule has 18 aromatic rings. The number of hydrogen-bond acceptors (Lipinski definition) is 5. The van der Waals surface area contributed by atoms with Gasteiger partial charge in [-0.25, -0.2) is 0 Å². The number of rotatable bonds is 5.